The molecule has 0 bridgehead atoms. The van der Waals surface area contributed by atoms with Crippen molar-refractivity contribution in [2.75, 3.05) is 27.3 Å². The first kappa shape index (κ1) is 15.9. The lowest BCUT2D eigenvalue weighted by Crippen LogP contribution is -2.48. The van der Waals surface area contributed by atoms with E-state index in [1.807, 2.05) is 0 Å². The van der Waals surface area contributed by atoms with Crippen molar-refractivity contribution in [3.8, 4) is 11.5 Å². The van der Waals surface area contributed by atoms with Gasteiger partial charge in [-0.2, -0.15) is 0 Å². The number of piperidine rings is 1. The highest BCUT2D eigenvalue weighted by atomic mass is 16.5. The molecule has 1 aliphatic rings. The van der Waals surface area contributed by atoms with Crippen molar-refractivity contribution in [1.29, 1.82) is 0 Å². The third-order valence-corrected chi connectivity index (χ3v) is 3.66. The second-order valence-electron chi connectivity index (χ2n) is 4.95. The van der Waals surface area contributed by atoms with Crippen molar-refractivity contribution in [1.82, 2.24) is 4.90 Å². The minimum atomic E-state index is -0.853. The topological polar surface area (TPSA) is 108 Å². The van der Waals surface area contributed by atoms with Crippen LogP contribution in [0.4, 0.5) is 0 Å². The van der Waals surface area contributed by atoms with Crippen molar-refractivity contribution in [3.63, 3.8) is 0 Å². The molecule has 0 spiro atoms. The number of β-amino-alcohol motifs (C(OH)–C–C–N with tert-alkyl or cyclic N) is 1. The summed E-state index contributed by atoms with van der Waals surface area (Å²) < 4.78 is 10.3. The summed E-state index contributed by atoms with van der Waals surface area (Å²) in [5.41, 5.74) is 8.89. The van der Waals surface area contributed by atoms with Gasteiger partial charge in [0.25, 0.3) is 5.91 Å². The molecule has 1 aromatic carbocycles. The molecule has 0 aromatic heterocycles. The van der Waals surface area contributed by atoms with E-state index in [1.165, 1.54) is 19.1 Å². The zero-order valence-corrected chi connectivity index (χ0v) is 12.5. The van der Waals surface area contributed by atoms with E-state index in [1.54, 1.807) is 18.2 Å². The molecule has 8 heteroatoms. The van der Waals surface area contributed by atoms with Gasteiger partial charge in [-0.15, -0.1) is 0 Å². The quantitative estimate of drug-likeness (QED) is 0.517. The summed E-state index contributed by atoms with van der Waals surface area (Å²) in [5.74, 6) is 0.804. The Morgan fingerprint density at radius 2 is 2.14 bits per heavy atom. The maximum Gasteiger partial charge on any atom is 0.254 e. The fraction of sp³-hybridized carbons (Fsp3) is 0.500. The number of hydrogen-bond acceptors (Lipinski definition) is 5. The molecule has 2 atom stereocenters. The van der Waals surface area contributed by atoms with Crippen LogP contribution in [0.5, 0.6) is 11.5 Å². The molecule has 1 N–H and O–H groups in total. The average molecular weight is 306 g/mol. The monoisotopic (exact) mass is 306 g/mol. The lowest BCUT2D eigenvalue weighted by atomic mass is 10.0. The molecule has 1 saturated heterocycles. The van der Waals surface area contributed by atoms with E-state index in [2.05, 4.69) is 10.0 Å². The first-order chi connectivity index (χ1) is 10.6. The van der Waals surface area contributed by atoms with Gasteiger partial charge in [0.2, 0.25) is 0 Å². The van der Waals surface area contributed by atoms with Gasteiger partial charge in [0, 0.05) is 23.6 Å². The number of benzene rings is 1. The number of amides is 1. The van der Waals surface area contributed by atoms with Crippen LogP contribution in [0.15, 0.2) is 23.3 Å². The molecule has 118 valence electrons. The van der Waals surface area contributed by atoms with Gasteiger partial charge in [-0.1, -0.05) is 5.11 Å². The largest absolute Gasteiger partial charge is 0.493 e. The van der Waals surface area contributed by atoms with Gasteiger partial charge in [0.1, 0.15) is 0 Å². The van der Waals surface area contributed by atoms with Gasteiger partial charge in [0.15, 0.2) is 11.5 Å². The van der Waals surface area contributed by atoms with Crippen LogP contribution in [-0.2, 0) is 0 Å². The van der Waals surface area contributed by atoms with Crippen LogP contribution in [0.2, 0.25) is 0 Å². The van der Waals surface area contributed by atoms with Gasteiger partial charge < -0.3 is 19.5 Å². The van der Waals surface area contributed by atoms with Crippen molar-refractivity contribution in [2.45, 2.75) is 18.6 Å². The Morgan fingerprint density at radius 3 is 2.73 bits per heavy atom. The molecule has 0 aliphatic carbocycles. The summed E-state index contributed by atoms with van der Waals surface area (Å²) in [7, 11) is 3.03. The van der Waals surface area contributed by atoms with E-state index < -0.39 is 12.1 Å². The first-order valence-corrected chi connectivity index (χ1v) is 6.84. The Balaban J connectivity index is 2.14. The summed E-state index contributed by atoms with van der Waals surface area (Å²) in [4.78, 5) is 16.7. The third-order valence-electron chi connectivity index (χ3n) is 3.66. The van der Waals surface area contributed by atoms with Crippen LogP contribution in [0.1, 0.15) is 16.8 Å². The fourth-order valence-electron chi connectivity index (χ4n) is 2.46. The molecule has 8 nitrogen and oxygen atoms in total. The van der Waals surface area contributed by atoms with Gasteiger partial charge >= 0.3 is 0 Å². The van der Waals surface area contributed by atoms with Crippen LogP contribution in [0, 0.1) is 0 Å². The third kappa shape index (κ3) is 3.24. The number of likely N-dealkylation sites (tertiary alicyclic amines) is 1. The van der Waals surface area contributed by atoms with Crippen molar-refractivity contribution >= 4 is 5.91 Å². The predicted molar refractivity (Wildman–Crippen MR) is 79.0 cm³/mol. The van der Waals surface area contributed by atoms with E-state index in [-0.39, 0.29) is 12.5 Å². The van der Waals surface area contributed by atoms with Gasteiger partial charge in [0.05, 0.1) is 26.4 Å². The van der Waals surface area contributed by atoms with E-state index >= 15 is 0 Å². The fourth-order valence-corrected chi connectivity index (χ4v) is 2.46. The van der Waals surface area contributed by atoms with Crippen LogP contribution in [0.3, 0.4) is 0 Å². The van der Waals surface area contributed by atoms with Crippen LogP contribution >= 0.6 is 0 Å². The number of rotatable bonds is 4. The minimum absolute atomic E-state index is 0.136. The smallest absolute Gasteiger partial charge is 0.254 e. The number of hydrogen-bond donors (Lipinski definition) is 1. The predicted octanol–water partition coefficient (Wildman–Crippen LogP) is 1.59. The Kier molecular flexibility index (Phi) is 5.08. The SMILES string of the molecule is COc1ccc(C(=O)N2CC[C@H](N=[N+]=[N-])[C@H](O)C2)cc1OC. The summed E-state index contributed by atoms with van der Waals surface area (Å²) in [6.07, 6.45) is -0.418. The van der Waals surface area contributed by atoms with Crippen molar-refractivity contribution < 1.29 is 19.4 Å². The molecule has 1 aromatic rings. The Morgan fingerprint density at radius 1 is 1.41 bits per heavy atom. The highest BCUT2D eigenvalue weighted by Gasteiger charge is 2.30. The molecule has 1 heterocycles. The summed E-state index contributed by atoms with van der Waals surface area (Å²) in [6.45, 7) is 0.560. The number of azide groups is 1. The maximum atomic E-state index is 12.5. The van der Waals surface area contributed by atoms with E-state index in [0.29, 0.717) is 30.0 Å². The molecular formula is C14H18N4O4. The summed E-state index contributed by atoms with van der Waals surface area (Å²) in [6, 6.07) is 4.43. The summed E-state index contributed by atoms with van der Waals surface area (Å²) in [5, 5.41) is 13.5. The van der Waals surface area contributed by atoms with Gasteiger partial charge in [-0.05, 0) is 30.2 Å². The maximum absolute atomic E-state index is 12.5. The Labute approximate surface area is 127 Å². The Hall–Kier alpha value is -2.44. The number of methoxy groups -OCH3 is 2. The van der Waals surface area contributed by atoms with Gasteiger partial charge in [-0.25, -0.2) is 0 Å². The number of nitrogens with zero attached hydrogens (tertiary/aromatic N) is 4. The first-order valence-electron chi connectivity index (χ1n) is 6.84. The zero-order chi connectivity index (χ0) is 16.1. The summed E-state index contributed by atoms with van der Waals surface area (Å²) >= 11 is 0. The standard InChI is InChI=1S/C14H18N4O4/c1-21-12-4-3-9(7-13(12)22-2)14(20)18-6-5-10(16-17-15)11(19)8-18/h3-4,7,10-11,19H,5-6,8H2,1-2H3/t10-,11+/m0/s1. The lowest BCUT2D eigenvalue weighted by molar-refractivity contribution is 0.0395. The molecule has 1 amide bonds. The average Bonchev–Trinajstić information content (AvgIpc) is 2.55. The highest BCUT2D eigenvalue weighted by molar-refractivity contribution is 5.95. The van der Waals surface area contributed by atoms with Crippen LogP contribution in [0.25, 0.3) is 10.4 Å². The normalized spacial score (nSPS) is 21.0. The molecule has 1 fully saturated rings. The molecule has 0 unspecified atom stereocenters. The molecular weight excluding hydrogens is 288 g/mol. The van der Waals surface area contributed by atoms with Crippen LogP contribution in [-0.4, -0.2) is 55.4 Å². The number of aliphatic hydroxyl groups is 1. The lowest BCUT2D eigenvalue weighted by Gasteiger charge is -2.34. The molecule has 22 heavy (non-hydrogen) atoms. The van der Waals surface area contributed by atoms with E-state index in [4.69, 9.17) is 15.0 Å². The highest BCUT2D eigenvalue weighted by Crippen LogP contribution is 2.28. The second kappa shape index (κ2) is 7.02. The molecule has 0 radical (unpaired) electrons. The Bertz CT molecular complexity index is 601. The van der Waals surface area contributed by atoms with Gasteiger partial charge in [-0.3, -0.25) is 4.79 Å². The minimum Gasteiger partial charge on any atom is -0.493 e. The number of carbonyl (C=O) groups is 1. The van der Waals surface area contributed by atoms with E-state index in [9.17, 15) is 9.90 Å². The van der Waals surface area contributed by atoms with Crippen molar-refractivity contribution in [3.05, 3.63) is 34.2 Å². The van der Waals surface area contributed by atoms with Crippen molar-refractivity contribution in [2.24, 2.45) is 5.11 Å². The molecule has 0 saturated carbocycles. The molecule has 2 rings (SSSR count). The van der Waals surface area contributed by atoms with E-state index in [0.717, 1.165) is 0 Å². The zero-order valence-electron chi connectivity index (χ0n) is 12.5. The molecule has 1 aliphatic heterocycles. The number of carbonyl (C=O) groups excluding carboxylic acids is 1. The number of aliphatic hydroxyl groups excluding tert-OH is 1. The van der Waals surface area contributed by atoms with Crippen LogP contribution < -0.4 is 9.47 Å². The second-order valence-corrected chi connectivity index (χ2v) is 4.95. The number of ether oxygens (including phenoxy) is 2.